The monoisotopic (exact) mass is 503 g/mol. The maximum atomic E-state index is 10.9. The van der Waals surface area contributed by atoms with Crippen molar-refractivity contribution in [3.63, 3.8) is 0 Å². The number of anilines is 1. The summed E-state index contributed by atoms with van der Waals surface area (Å²) in [6, 6.07) is 4.66. The van der Waals surface area contributed by atoms with Crippen LogP contribution in [0.1, 0.15) is 17.0 Å². The van der Waals surface area contributed by atoms with E-state index in [0.29, 0.717) is 11.7 Å². The third-order valence-electron chi connectivity index (χ3n) is 4.07. The summed E-state index contributed by atoms with van der Waals surface area (Å²) in [6.07, 6.45) is 8.12. The Labute approximate surface area is 199 Å². The quantitative estimate of drug-likeness (QED) is 0.304. The molecule has 2 aromatic rings. The molecule has 29 heavy (non-hydrogen) atoms. The average molecular weight is 505 g/mol. The Morgan fingerprint density at radius 3 is 2.69 bits per heavy atom. The van der Waals surface area contributed by atoms with Gasteiger partial charge in [0.25, 0.3) is 5.91 Å². The van der Waals surface area contributed by atoms with Crippen molar-refractivity contribution in [3.8, 4) is 0 Å². The summed E-state index contributed by atoms with van der Waals surface area (Å²) < 4.78 is 0. The summed E-state index contributed by atoms with van der Waals surface area (Å²) in [4.78, 5) is 23.4. The van der Waals surface area contributed by atoms with Crippen molar-refractivity contribution in [2.45, 2.75) is 18.9 Å². The van der Waals surface area contributed by atoms with Gasteiger partial charge < -0.3 is 10.2 Å². The lowest BCUT2D eigenvalue weighted by Gasteiger charge is -2.16. The number of rotatable bonds is 7. The molecule has 1 aliphatic heterocycles. The second-order valence-corrected chi connectivity index (χ2v) is 6.93. The number of likely N-dealkylation sites (tertiary alicyclic amines) is 1. The van der Waals surface area contributed by atoms with Gasteiger partial charge in [0.2, 0.25) is 0 Å². The highest BCUT2D eigenvalue weighted by atomic mass is 35.5. The number of carbonyl (C=O) groups excluding carboxylic acids is 1. The molecule has 3 N–H and O–H groups in total. The fraction of sp³-hybridized carbons (Fsp3) is 0.353. The van der Waals surface area contributed by atoms with Crippen molar-refractivity contribution in [1.82, 2.24) is 20.3 Å². The van der Waals surface area contributed by atoms with Gasteiger partial charge in [-0.2, -0.15) is 0 Å². The molecule has 3 rings (SSSR count). The number of hydrogen-bond donors (Lipinski definition) is 3. The van der Waals surface area contributed by atoms with E-state index in [-0.39, 0.29) is 49.6 Å². The normalized spacial score (nSPS) is 15.4. The largest absolute Gasteiger partial charge is 0.365 e. The Morgan fingerprint density at radius 2 is 2.07 bits per heavy atom. The zero-order valence-electron chi connectivity index (χ0n) is 15.4. The van der Waals surface area contributed by atoms with Crippen LogP contribution in [0.4, 0.5) is 5.82 Å². The highest BCUT2D eigenvalue weighted by Gasteiger charge is 2.22. The fourth-order valence-electron chi connectivity index (χ4n) is 2.78. The minimum atomic E-state index is -0.599. The van der Waals surface area contributed by atoms with Gasteiger partial charge in [-0.3, -0.25) is 15.0 Å². The molecule has 0 aromatic carbocycles. The molecular formula is C17H25Cl4N5O2S. The highest BCUT2D eigenvalue weighted by Crippen LogP contribution is 2.16. The van der Waals surface area contributed by atoms with Crippen molar-refractivity contribution in [2.24, 2.45) is 0 Å². The van der Waals surface area contributed by atoms with Gasteiger partial charge in [-0.05, 0) is 30.4 Å². The van der Waals surface area contributed by atoms with Crippen LogP contribution in [0.15, 0.2) is 36.0 Å². The van der Waals surface area contributed by atoms with Crippen molar-refractivity contribution in [1.29, 1.82) is 0 Å². The summed E-state index contributed by atoms with van der Waals surface area (Å²) >= 11 is 1.81. The third kappa shape index (κ3) is 9.95. The van der Waals surface area contributed by atoms with E-state index in [2.05, 4.69) is 37.7 Å². The van der Waals surface area contributed by atoms with Crippen molar-refractivity contribution >= 4 is 78.8 Å². The second kappa shape index (κ2) is 15.7. The first-order chi connectivity index (χ1) is 12.2. The van der Waals surface area contributed by atoms with Crippen LogP contribution in [-0.4, -0.2) is 51.7 Å². The van der Waals surface area contributed by atoms with Gasteiger partial charge in [0.05, 0.1) is 18.1 Å². The van der Waals surface area contributed by atoms with E-state index >= 15 is 0 Å². The van der Waals surface area contributed by atoms with Gasteiger partial charge in [0.1, 0.15) is 5.82 Å². The molecule has 12 heteroatoms. The standard InChI is InChI=1S/C17H21N5O2S.4ClH/c23-17(21-24)4-3-13-10-19-16(11-18-13)20-14-5-7-22(12-14)8-6-15-2-1-9-25-15;;;;/h1-4,9-11,14,24H,5-8,12H2,(H,19,20)(H,21,23);4*1H/t14-;;;;/m1..../s1. The van der Waals surface area contributed by atoms with E-state index in [1.807, 2.05) is 11.3 Å². The number of halogens is 4. The number of thiophene rings is 1. The van der Waals surface area contributed by atoms with Crippen molar-refractivity contribution in [2.75, 3.05) is 25.0 Å². The molecule has 164 valence electrons. The molecule has 1 amide bonds. The van der Waals surface area contributed by atoms with Crippen LogP contribution < -0.4 is 10.8 Å². The van der Waals surface area contributed by atoms with Gasteiger partial charge in [-0.25, -0.2) is 10.5 Å². The average Bonchev–Trinajstić information content (AvgIpc) is 3.31. The first-order valence-electron chi connectivity index (χ1n) is 8.18. The number of hydroxylamine groups is 1. The van der Waals surface area contributed by atoms with E-state index in [9.17, 15) is 4.79 Å². The van der Waals surface area contributed by atoms with Gasteiger partial charge in [0.15, 0.2) is 0 Å². The van der Waals surface area contributed by atoms with E-state index in [0.717, 1.165) is 38.3 Å². The molecular weight excluding hydrogens is 480 g/mol. The number of nitrogens with one attached hydrogen (secondary N) is 2. The predicted octanol–water partition coefficient (Wildman–Crippen LogP) is 3.47. The van der Waals surface area contributed by atoms with Crippen molar-refractivity contribution in [3.05, 3.63) is 46.6 Å². The summed E-state index contributed by atoms with van der Waals surface area (Å²) in [7, 11) is 0. The molecule has 0 saturated carbocycles. The summed E-state index contributed by atoms with van der Waals surface area (Å²) in [5.74, 6) is 0.131. The number of nitrogens with zero attached hydrogens (tertiary/aromatic N) is 3. The lowest BCUT2D eigenvalue weighted by atomic mass is 10.2. The molecule has 1 aliphatic rings. The lowest BCUT2D eigenvalue weighted by molar-refractivity contribution is -0.124. The Hall–Kier alpha value is -1.13. The van der Waals surface area contributed by atoms with Crippen LogP contribution >= 0.6 is 61.0 Å². The maximum absolute atomic E-state index is 10.9. The van der Waals surface area contributed by atoms with E-state index in [4.69, 9.17) is 5.21 Å². The Balaban J connectivity index is 0. The summed E-state index contributed by atoms with van der Waals surface area (Å²) in [5, 5.41) is 14.0. The number of amides is 1. The van der Waals surface area contributed by atoms with Crippen LogP contribution in [0, 0.1) is 0 Å². The minimum Gasteiger partial charge on any atom is -0.365 e. The predicted molar refractivity (Wildman–Crippen MR) is 126 cm³/mol. The maximum Gasteiger partial charge on any atom is 0.267 e. The molecule has 3 heterocycles. The molecule has 7 nitrogen and oxygen atoms in total. The minimum absolute atomic E-state index is 0. The Bertz CT molecular complexity index is 719. The second-order valence-electron chi connectivity index (χ2n) is 5.90. The summed E-state index contributed by atoms with van der Waals surface area (Å²) in [6.45, 7) is 3.18. The van der Waals surface area contributed by atoms with E-state index < -0.39 is 5.91 Å². The molecule has 2 aromatic heterocycles. The zero-order valence-corrected chi connectivity index (χ0v) is 19.5. The number of carbonyl (C=O) groups is 1. The SMILES string of the molecule is Cl.Cl.Cl.Cl.O=C(C=Cc1cnc(N[C@@H]2CCN(CCc3cccs3)C2)cn1)NO. The van der Waals surface area contributed by atoms with E-state index in [1.165, 1.54) is 22.5 Å². The number of hydrogen-bond acceptors (Lipinski definition) is 7. The highest BCUT2D eigenvalue weighted by molar-refractivity contribution is 7.09. The zero-order chi connectivity index (χ0) is 17.5. The molecule has 0 aliphatic carbocycles. The van der Waals surface area contributed by atoms with Gasteiger partial charge >= 0.3 is 0 Å². The molecule has 0 bridgehead atoms. The van der Waals surface area contributed by atoms with E-state index in [1.54, 1.807) is 12.4 Å². The topological polar surface area (TPSA) is 90.4 Å². The number of aromatic nitrogens is 2. The molecule has 1 saturated heterocycles. The van der Waals surface area contributed by atoms with Crippen LogP contribution in [-0.2, 0) is 11.2 Å². The Morgan fingerprint density at radius 1 is 1.28 bits per heavy atom. The smallest absolute Gasteiger partial charge is 0.267 e. The molecule has 0 radical (unpaired) electrons. The fourth-order valence-corrected chi connectivity index (χ4v) is 3.48. The molecule has 1 fully saturated rings. The first-order valence-corrected chi connectivity index (χ1v) is 9.06. The van der Waals surface area contributed by atoms with Gasteiger partial charge in [-0.1, -0.05) is 6.07 Å². The van der Waals surface area contributed by atoms with Crippen LogP contribution in [0.3, 0.4) is 0 Å². The van der Waals surface area contributed by atoms with Gasteiger partial charge in [0, 0.05) is 36.6 Å². The third-order valence-corrected chi connectivity index (χ3v) is 5.00. The Kier molecular flexibility index (Phi) is 16.3. The van der Waals surface area contributed by atoms with Crippen LogP contribution in [0.25, 0.3) is 6.08 Å². The van der Waals surface area contributed by atoms with Crippen LogP contribution in [0.5, 0.6) is 0 Å². The lowest BCUT2D eigenvalue weighted by Crippen LogP contribution is -2.28. The van der Waals surface area contributed by atoms with Gasteiger partial charge in [-0.15, -0.1) is 61.0 Å². The first kappa shape index (κ1) is 30.1. The molecule has 0 unspecified atom stereocenters. The molecule has 1 atom stereocenters. The summed E-state index contributed by atoms with van der Waals surface area (Å²) in [5.41, 5.74) is 2.08. The molecule has 0 spiro atoms. The van der Waals surface area contributed by atoms with Crippen LogP contribution in [0.2, 0.25) is 0 Å². The van der Waals surface area contributed by atoms with Crippen molar-refractivity contribution < 1.29 is 10.0 Å².